The maximum Gasteiger partial charge on any atom is 0.147 e. The van der Waals surface area contributed by atoms with Gasteiger partial charge in [0.1, 0.15) is 5.82 Å². The smallest absolute Gasteiger partial charge is 0.147 e. The molecule has 0 aliphatic rings. The van der Waals surface area contributed by atoms with Crippen molar-refractivity contribution in [3.8, 4) is 0 Å². The highest BCUT2D eigenvalue weighted by Crippen LogP contribution is 2.12. The van der Waals surface area contributed by atoms with Gasteiger partial charge in [0, 0.05) is 26.3 Å². The summed E-state index contributed by atoms with van der Waals surface area (Å²) in [7, 11) is 2.05. The lowest BCUT2D eigenvalue weighted by Crippen LogP contribution is -2.20. The highest BCUT2D eigenvalue weighted by atomic mass is 15.2. The maximum atomic E-state index is 4.66. The molecular formula is C17H24N4. The lowest BCUT2D eigenvalue weighted by molar-refractivity contribution is 0.661. The molecule has 112 valence electrons. The Morgan fingerprint density at radius 3 is 2.62 bits per heavy atom. The van der Waals surface area contributed by atoms with Gasteiger partial charge in [0.15, 0.2) is 0 Å². The second-order valence-corrected chi connectivity index (χ2v) is 5.39. The third-order valence-corrected chi connectivity index (χ3v) is 3.34. The van der Waals surface area contributed by atoms with E-state index in [-0.39, 0.29) is 0 Å². The molecule has 0 aliphatic heterocycles. The lowest BCUT2D eigenvalue weighted by atomic mass is 10.1. The van der Waals surface area contributed by atoms with E-state index >= 15 is 0 Å². The van der Waals surface area contributed by atoms with Crippen LogP contribution in [0.2, 0.25) is 0 Å². The van der Waals surface area contributed by atoms with Crippen LogP contribution >= 0.6 is 0 Å². The number of aryl methyl sites for hydroxylation is 1. The third kappa shape index (κ3) is 4.83. The fraction of sp³-hybridized carbons (Fsp3) is 0.412. The summed E-state index contributed by atoms with van der Waals surface area (Å²) >= 11 is 0. The number of rotatable bonds is 7. The summed E-state index contributed by atoms with van der Waals surface area (Å²) < 4.78 is 0. The van der Waals surface area contributed by atoms with Gasteiger partial charge in [0.25, 0.3) is 0 Å². The molecule has 0 aliphatic carbocycles. The van der Waals surface area contributed by atoms with Crippen molar-refractivity contribution >= 4 is 5.82 Å². The Balaban J connectivity index is 1.99. The molecule has 1 aromatic carbocycles. The van der Waals surface area contributed by atoms with E-state index < -0.39 is 0 Å². The summed E-state index contributed by atoms with van der Waals surface area (Å²) in [5, 5.41) is 3.35. The van der Waals surface area contributed by atoms with E-state index in [1.807, 2.05) is 19.4 Å². The first-order valence-corrected chi connectivity index (χ1v) is 7.47. The van der Waals surface area contributed by atoms with Crippen LogP contribution in [0.4, 0.5) is 5.82 Å². The van der Waals surface area contributed by atoms with Gasteiger partial charge in [-0.05, 0) is 25.5 Å². The molecule has 1 heterocycles. The number of aromatic nitrogens is 2. The van der Waals surface area contributed by atoms with Crippen LogP contribution in [0.1, 0.15) is 30.2 Å². The molecular weight excluding hydrogens is 260 g/mol. The van der Waals surface area contributed by atoms with E-state index in [0.717, 1.165) is 37.6 Å². The van der Waals surface area contributed by atoms with E-state index in [4.69, 9.17) is 0 Å². The van der Waals surface area contributed by atoms with Gasteiger partial charge >= 0.3 is 0 Å². The van der Waals surface area contributed by atoms with Crippen molar-refractivity contribution in [2.75, 3.05) is 18.5 Å². The topological polar surface area (TPSA) is 41.1 Å². The van der Waals surface area contributed by atoms with Crippen LogP contribution in [-0.2, 0) is 13.1 Å². The van der Waals surface area contributed by atoms with Gasteiger partial charge in [-0.25, -0.2) is 4.98 Å². The molecule has 0 fully saturated rings. The molecule has 4 nitrogen and oxygen atoms in total. The van der Waals surface area contributed by atoms with Crippen molar-refractivity contribution in [1.82, 2.24) is 15.3 Å². The number of hydrogen-bond donors (Lipinski definition) is 1. The molecule has 0 amide bonds. The summed E-state index contributed by atoms with van der Waals surface area (Å²) in [5.41, 5.74) is 3.54. The molecule has 0 radical (unpaired) electrons. The summed E-state index contributed by atoms with van der Waals surface area (Å²) in [6.45, 7) is 6.87. The Bertz CT molecular complexity index is 551. The van der Waals surface area contributed by atoms with Crippen LogP contribution in [0.25, 0.3) is 0 Å². The van der Waals surface area contributed by atoms with E-state index in [0.29, 0.717) is 0 Å². The van der Waals surface area contributed by atoms with Gasteiger partial charge in [-0.3, -0.25) is 4.98 Å². The zero-order valence-electron chi connectivity index (χ0n) is 13.1. The van der Waals surface area contributed by atoms with Gasteiger partial charge in [0.05, 0.1) is 11.9 Å². The molecule has 2 rings (SSSR count). The van der Waals surface area contributed by atoms with Gasteiger partial charge < -0.3 is 10.2 Å². The van der Waals surface area contributed by atoms with E-state index in [9.17, 15) is 0 Å². The Morgan fingerprint density at radius 2 is 1.90 bits per heavy atom. The minimum Gasteiger partial charge on any atom is -0.354 e. The van der Waals surface area contributed by atoms with Gasteiger partial charge in [-0.15, -0.1) is 0 Å². The van der Waals surface area contributed by atoms with Crippen LogP contribution in [0.5, 0.6) is 0 Å². The average molecular weight is 284 g/mol. The quantitative estimate of drug-likeness (QED) is 0.794. The number of anilines is 1. The first kappa shape index (κ1) is 15.4. The molecule has 0 spiro atoms. The van der Waals surface area contributed by atoms with Crippen molar-refractivity contribution in [2.24, 2.45) is 0 Å². The van der Waals surface area contributed by atoms with Crippen LogP contribution in [0.15, 0.2) is 36.7 Å². The first-order valence-electron chi connectivity index (χ1n) is 7.47. The van der Waals surface area contributed by atoms with Crippen molar-refractivity contribution < 1.29 is 0 Å². The number of hydrogen-bond acceptors (Lipinski definition) is 4. The highest BCUT2D eigenvalue weighted by molar-refractivity contribution is 5.37. The maximum absolute atomic E-state index is 4.66. The Labute approximate surface area is 127 Å². The first-order chi connectivity index (χ1) is 10.2. The molecule has 21 heavy (non-hydrogen) atoms. The molecule has 1 aromatic heterocycles. The minimum atomic E-state index is 0.771. The second-order valence-electron chi connectivity index (χ2n) is 5.39. The number of nitrogens with zero attached hydrogens (tertiary/aromatic N) is 3. The van der Waals surface area contributed by atoms with Crippen LogP contribution in [-0.4, -0.2) is 23.6 Å². The standard InChI is InChI=1S/C17H24N4/c1-4-9-18-10-16-11-19-12-17(20-16)21(3)13-15-7-5-14(2)6-8-15/h5-8,11-12,18H,4,9-10,13H2,1-3H3. The third-order valence-electron chi connectivity index (χ3n) is 3.34. The summed E-state index contributed by atoms with van der Waals surface area (Å²) in [4.78, 5) is 11.1. The molecule has 1 N–H and O–H groups in total. The molecule has 4 heteroatoms. The Hall–Kier alpha value is -1.94. The van der Waals surface area contributed by atoms with E-state index in [2.05, 4.69) is 58.3 Å². The Kier molecular flexibility index (Phi) is 5.69. The molecule has 0 unspecified atom stereocenters. The van der Waals surface area contributed by atoms with Crippen LogP contribution in [0.3, 0.4) is 0 Å². The van der Waals surface area contributed by atoms with Crippen molar-refractivity contribution in [3.63, 3.8) is 0 Å². The van der Waals surface area contributed by atoms with E-state index in [1.165, 1.54) is 11.1 Å². The van der Waals surface area contributed by atoms with Crippen LogP contribution < -0.4 is 10.2 Å². The lowest BCUT2D eigenvalue weighted by Gasteiger charge is -2.18. The van der Waals surface area contributed by atoms with Gasteiger partial charge in [-0.2, -0.15) is 0 Å². The molecule has 0 saturated heterocycles. The molecule has 0 saturated carbocycles. The zero-order chi connectivity index (χ0) is 15.1. The molecule has 0 atom stereocenters. The molecule has 0 bridgehead atoms. The summed E-state index contributed by atoms with van der Waals surface area (Å²) in [6.07, 6.45) is 4.77. The fourth-order valence-electron chi connectivity index (χ4n) is 2.11. The normalized spacial score (nSPS) is 10.6. The van der Waals surface area contributed by atoms with Crippen molar-refractivity contribution in [1.29, 1.82) is 0 Å². The Morgan fingerprint density at radius 1 is 1.14 bits per heavy atom. The minimum absolute atomic E-state index is 0.771. The highest BCUT2D eigenvalue weighted by Gasteiger charge is 2.05. The van der Waals surface area contributed by atoms with Gasteiger partial charge in [0.2, 0.25) is 0 Å². The van der Waals surface area contributed by atoms with Crippen molar-refractivity contribution in [3.05, 3.63) is 53.5 Å². The zero-order valence-corrected chi connectivity index (χ0v) is 13.1. The molecule has 2 aromatic rings. The largest absolute Gasteiger partial charge is 0.354 e. The summed E-state index contributed by atoms with van der Waals surface area (Å²) in [5.74, 6) is 0.909. The predicted molar refractivity (Wildman–Crippen MR) is 87.3 cm³/mol. The SMILES string of the molecule is CCCNCc1cncc(N(C)Cc2ccc(C)cc2)n1. The van der Waals surface area contributed by atoms with E-state index in [1.54, 1.807) is 0 Å². The summed E-state index contributed by atoms with van der Waals surface area (Å²) in [6, 6.07) is 8.59. The van der Waals surface area contributed by atoms with Crippen LogP contribution in [0, 0.1) is 6.92 Å². The number of benzene rings is 1. The van der Waals surface area contributed by atoms with Gasteiger partial charge in [-0.1, -0.05) is 36.8 Å². The number of nitrogens with one attached hydrogen (secondary N) is 1. The second kappa shape index (κ2) is 7.74. The monoisotopic (exact) mass is 284 g/mol. The predicted octanol–water partition coefficient (Wildman–Crippen LogP) is 2.92. The average Bonchev–Trinajstić information content (AvgIpc) is 2.50. The van der Waals surface area contributed by atoms with Crippen molar-refractivity contribution in [2.45, 2.75) is 33.4 Å². The fourth-order valence-corrected chi connectivity index (χ4v) is 2.11.